The number of anilines is 1. The van der Waals surface area contributed by atoms with Crippen LogP contribution in [0.2, 0.25) is 5.02 Å². The zero-order valence-electron chi connectivity index (χ0n) is 10.2. The molecular weight excluding hydrogens is 248 g/mol. The molecule has 4 nitrogen and oxygen atoms in total. The first-order valence-electron chi connectivity index (χ1n) is 5.59. The SMILES string of the molecule is CC(C)c1nn(-c2ccc(C#N)cc2)c(N)c1Cl. The highest BCUT2D eigenvalue weighted by molar-refractivity contribution is 6.33. The van der Waals surface area contributed by atoms with Gasteiger partial charge in [0.25, 0.3) is 0 Å². The fraction of sp³-hybridized carbons (Fsp3) is 0.231. The molecule has 0 saturated heterocycles. The molecule has 0 radical (unpaired) electrons. The van der Waals surface area contributed by atoms with Crippen molar-refractivity contribution < 1.29 is 0 Å². The van der Waals surface area contributed by atoms with Gasteiger partial charge in [-0.3, -0.25) is 0 Å². The van der Waals surface area contributed by atoms with Crippen molar-refractivity contribution in [2.45, 2.75) is 19.8 Å². The van der Waals surface area contributed by atoms with Gasteiger partial charge in [0.1, 0.15) is 10.8 Å². The van der Waals surface area contributed by atoms with Crippen molar-refractivity contribution in [1.82, 2.24) is 9.78 Å². The number of halogens is 1. The summed E-state index contributed by atoms with van der Waals surface area (Å²) < 4.78 is 1.60. The molecule has 1 heterocycles. The summed E-state index contributed by atoms with van der Waals surface area (Å²) in [6, 6.07) is 9.10. The van der Waals surface area contributed by atoms with Crippen LogP contribution >= 0.6 is 11.6 Å². The highest BCUT2D eigenvalue weighted by atomic mass is 35.5. The van der Waals surface area contributed by atoms with E-state index in [1.54, 1.807) is 28.9 Å². The molecule has 0 aliphatic carbocycles. The molecule has 2 N–H and O–H groups in total. The van der Waals surface area contributed by atoms with E-state index in [4.69, 9.17) is 22.6 Å². The second-order valence-electron chi connectivity index (χ2n) is 4.31. The van der Waals surface area contributed by atoms with Gasteiger partial charge in [-0.2, -0.15) is 10.4 Å². The smallest absolute Gasteiger partial charge is 0.146 e. The van der Waals surface area contributed by atoms with E-state index >= 15 is 0 Å². The lowest BCUT2D eigenvalue weighted by molar-refractivity contribution is 0.771. The molecule has 92 valence electrons. The average molecular weight is 261 g/mol. The van der Waals surface area contributed by atoms with Crippen LogP contribution in [-0.2, 0) is 0 Å². The first kappa shape index (κ1) is 12.5. The zero-order valence-corrected chi connectivity index (χ0v) is 10.9. The van der Waals surface area contributed by atoms with Gasteiger partial charge in [-0.25, -0.2) is 4.68 Å². The predicted molar refractivity (Wildman–Crippen MR) is 71.8 cm³/mol. The molecule has 0 aliphatic heterocycles. The molecule has 1 aromatic heterocycles. The van der Waals surface area contributed by atoms with E-state index in [2.05, 4.69) is 11.2 Å². The summed E-state index contributed by atoms with van der Waals surface area (Å²) in [5.74, 6) is 0.629. The topological polar surface area (TPSA) is 67.6 Å². The minimum Gasteiger partial charge on any atom is -0.382 e. The number of hydrogen-bond donors (Lipinski definition) is 1. The van der Waals surface area contributed by atoms with Crippen LogP contribution in [0.1, 0.15) is 31.0 Å². The van der Waals surface area contributed by atoms with Gasteiger partial charge in [-0.1, -0.05) is 25.4 Å². The highest BCUT2D eigenvalue weighted by Crippen LogP contribution is 2.30. The Labute approximate surface area is 111 Å². The van der Waals surface area contributed by atoms with Crippen molar-refractivity contribution in [3.05, 3.63) is 40.5 Å². The molecule has 18 heavy (non-hydrogen) atoms. The van der Waals surface area contributed by atoms with Gasteiger partial charge in [0.2, 0.25) is 0 Å². The van der Waals surface area contributed by atoms with Gasteiger partial charge in [-0.05, 0) is 30.2 Å². The van der Waals surface area contributed by atoms with Crippen LogP contribution in [0.4, 0.5) is 5.82 Å². The van der Waals surface area contributed by atoms with Gasteiger partial charge in [0.05, 0.1) is 23.0 Å². The largest absolute Gasteiger partial charge is 0.382 e. The average Bonchev–Trinajstić information content (AvgIpc) is 2.67. The summed E-state index contributed by atoms with van der Waals surface area (Å²) >= 11 is 6.16. The molecule has 0 spiro atoms. The second kappa shape index (κ2) is 4.71. The summed E-state index contributed by atoms with van der Waals surface area (Å²) in [5.41, 5.74) is 8.11. The Bertz CT molecular complexity index is 605. The molecule has 5 heteroatoms. The quantitative estimate of drug-likeness (QED) is 0.902. The normalized spacial score (nSPS) is 10.6. The highest BCUT2D eigenvalue weighted by Gasteiger charge is 2.17. The molecule has 2 rings (SSSR count). The first-order valence-corrected chi connectivity index (χ1v) is 5.96. The van der Waals surface area contributed by atoms with Crippen molar-refractivity contribution in [3.63, 3.8) is 0 Å². The monoisotopic (exact) mass is 260 g/mol. The van der Waals surface area contributed by atoms with Crippen molar-refractivity contribution in [1.29, 1.82) is 5.26 Å². The molecule has 0 unspecified atom stereocenters. The van der Waals surface area contributed by atoms with Crippen LogP contribution in [0.3, 0.4) is 0 Å². The van der Waals surface area contributed by atoms with Crippen LogP contribution in [0.25, 0.3) is 5.69 Å². The van der Waals surface area contributed by atoms with Gasteiger partial charge in [0, 0.05) is 0 Å². The molecule has 2 aromatic rings. The third-order valence-corrected chi connectivity index (χ3v) is 3.06. The Morgan fingerprint density at radius 3 is 2.39 bits per heavy atom. The lowest BCUT2D eigenvalue weighted by Crippen LogP contribution is -2.02. The number of aromatic nitrogens is 2. The van der Waals surface area contributed by atoms with Crippen molar-refractivity contribution in [3.8, 4) is 11.8 Å². The summed E-state index contributed by atoms with van der Waals surface area (Å²) in [6.45, 7) is 4.02. The Hall–Kier alpha value is -1.99. The third kappa shape index (κ3) is 2.05. The zero-order chi connectivity index (χ0) is 13.3. The van der Waals surface area contributed by atoms with Gasteiger partial charge in [-0.15, -0.1) is 0 Å². The predicted octanol–water partition coefficient (Wildman–Crippen LogP) is 3.10. The van der Waals surface area contributed by atoms with Crippen LogP contribution < -0.4 is 5.73 Å². The summed E-state index contributed by atoms with van der Waals surface area (Å²) in [7, 11) is 0. The maximum Gasteiger partial charge on any atom is 0.146 e. The maximum absolute atomic E-state index is 8.76. The molecule has 0 bridgehead atoms. The molecule has 0 fully saturated rings. The lowest BCUT2D eigenvalue weighted by atomic mass is 10.1. The van der Waals surface area contributed by atoms with Crippen LogP contribution in [0.5, 0.6) is 0 Å². The van der Waals surface area contributed by atoms with E-state index < -0.39 is 0 Å². The standard InChI is InChI=1S/C13H13ClN4/c1-8(2)12-11(14)13(16)18(17-12)10-5-3-9(7-15)4-6-10/h3-6,8H,16H2,1-2H3. The minimum absolute atomic E-state index is 0.208. The minimum atomic E-state index is 0.208. The number of rotatable bonds is 2. The second-order valence-corrected chi connectivity index (χ2v) is 4.69. The van der Waals surface area contributed by atoms with Crippen molar-refractivity contribution >= 4 is 17.4 Å². The molecule has 0 amide bonds. The number of nitriles is 1. The number of nitrogen functional groups attached to an aromatic ring is 1. The Balaban J connectivity index is 2.51. The molecule has 0 atom stereocenters. The summed E-state index contributed by atoms with van der Waals surface area (Å²) in [5, 5.41) is 13.7. The third-order valence-electron chi connectivity index (χ3n) is 2.67. The molecule has 1 aromatic carbocycles. The van der Waals surface area contributed by atoms with Crippen molar-refractivity contribution in [2.24, 2.45) is 0 Å². The van der Waals surface area contributed by atoms with Gasteiger partial charge >= 0.3 is 0 Å². The van der Waals surface area contributed by atoms with Gasteiger partial charge < -0.3 is 5.73 Å². The first-order chi connectivity index (χ1) is 8.54. The fourth-order valence-corrected chi connectivity index (χ4v) is 2.01. The summed E-state index contributed by atoms with van der Waals surface area (Å²) in [6.07, 6.45) is 0. The van der Waals surface area contributed by atoms with E-state index in [9.17, 15) is 0 Å². The van der Waals surface area contributed by atoms with Crippen LogP contribution in [0.15, 0.2) is 24.3 Å². The lowest BCUT2D eigenvalue weighted by Gasteiger charge is -2.03. The number of nitrogens with zero attached hydrogens (tertiary/aromatic N) is 3. The van der Waals surface area contributed by atoms with Crippen molar-refractivity contribution in [2.75, 3.05) is 5.73 Å². The van der Waals surface area contributed by atoms with Crippen LogP contribution in [-0.4, -0.2) is 9.78 Å². The van der Waals surface area contributed by atoms with Crippen LogP contribution in [0, 0.1) is 11.3 Å². The van der Waals surface area contributed by atoms with E-state index in [-0.39, 0.29) is 5.92 Å². The molecule has 0 aliphatic rings. The van der Waals surface area contributed by atoms with E-state index in [1.807, 2.05) is 13.8 Å². The van der Waals surface area contributed by atoms with E-state index in [1.165, 1.54) is 0 Å². The molecular formula is C13H13ClN4. The van der Waals surface area contributed by atoms with E-state index in [0.29, 0.717) is 16.4 Å². The maximum atomic E-state index is 8.76. The number of benzene rings is 1. The Morgan fingerprint density at radius 1 is 1.33 bits per heavy atom. The Kier molecular flexibility index (Phi) is 3.26. The summed E-state index contributed by atoms with van der Waals surface area (Å²) in [4.78, 5) is 0. The molecule has 0 saturated carbocycles. The van der Waals surface area contributed by atoms with E-state index in [0.717, 1.165) is 11.4 Å². The van der Waals surface area contributed by atoms with Gasteiger partial charge in [0.15, 0.2) is 0 Å². The number of hydrogen-bond acceptors (Lipinski definition) is 3. The fourth-order valence-electron chi connectivity index (χ4n) is 1.67. The Morgan fingerprint density at radius 2 is 1.94 bits per heavy atom. The number of nitrogens with two attached hydrogens (primary N) is 1.